The van der Waals surface area contributed by atoms with Crippen molar-refractivity contribution in [2.45, 2.75) is 88.8 Å². The number of fused-ring (bicyclic) bond motifs is 1. The first kappa shape index (κ1) is 40.8. The van der Waals surface area contributed by atoms with Crippen LogP contribution in [0.25, 0.3) is 0 Å². The molecule has 8 rings (SSSR count). The fourth-order valence-corrected chi connectivity index (χ4v) is 8.94. The molecule has 0 radical (unpaired) electrons. The Balaban J connectivity index is 0.785. The summed E-state index contributed by atoms with van der Waals surface area (Å²) < 4.78 is 47.2. The lowest BCUT2D eigenvalue weighted by atomic mass is 9.88. The molecule has 2 aromatic carbocycles. The predicted molar refractivity (Wildman–Crippen MR) is 214 cm³/mol. The van der Waals surface area contributed by atoms with Crippen molar-refractivity contribution in [3.63, 3.8) is 0 Å². The second-order valence-electron chi connectivity index (χ2n) is 16.3. The van der Waals surface area contributed by atoms with Gasteiger partial charge < -0.3 is 19.9 Å². The number of hydrogen-bond acceptors (Lipinski definition) is 11. The first-order chi connectivity index (χ1) is 28.5. The second kappa shape index (κ2) is 15.6. The normalized spacial score (nSPS) is 23.2. The number of carbonyl (C=O) groups is 5. The van der Waals surface area contributed by atoms with Crippen molar-refractivity contribution in [2.75, 3.05) is 29.4 Å². The molecule has 4 fully saturated rings. The maximum atomic E-state index is 13.7. The number of thiocarbonyl (C=S) groups is 1. The molecule has 18 heteroatoms. The molecule has 1 aromatic heterocycles. The SMILES string of the molecule is CC1(C)C(=O)N(c2ccc(C#N)c(C(F)(F)F)c2)C(=S)N1Cc1ccc(N2CCC(CNC3CC(Oc4ccc5c(c4)C(=O)N(C4CCC(=O)NC4=O)C5=O)C3)CC2)nc1. The monoisotopic (exact) mass is 842 g/mol. The number of nitrogens with one attached hydrogen (secondary N) is 2. The van der Waals surface area contributed by atoms with Crippen LogP contribution in [0.5, 0.6) is 5.75 Å². The Labute approximate surface area is 348 Å². The zero-order valence-electron chi connectivity index (χ0n) is 32.8. The van der Waals surface area contributed by atoms with E-state index in [9.17, 15) is 42.4 Å². The van der Waals surface area contributed by atoms with E-state index in [0.717, 1.165) is 78.6 Å². The smallest absolute Gasteiger partial charge is 0.417 e. The summed E-state index contributed by atoms with van der Waals surface area (Å²) in [6.45, 7) is 6.06. The number of aromatic nitrogens is 1. The van der Waals surface area contributed by atoms with E-state index in [-0.39, 0.29) is 47.4 Å². The average molecular weight is 843 g/mol. The molecule has 0 spiro atoms. The molecule has 14 nitrogen and oxygen atoms in total. The van der Waals surface area contributed by atoms with Crippen LogP contribution >= 0.6 is 12.2 Å². The number of pyridine rings is 1. The van der Waals surface area contributed by atoms with Gasteiger partial charge in [0.15, 0.2) is 5.11 Å². The van der Waals surface area contributed by atoms with Crippen LogP contribution in [0.4, 0.5) is 24.7 Å². The Morgan fingerprint density at radius 2 is 1.72 bits per heavy atom. The molecule has 2 N–H and O–H groups in total. The maximum Gasteiger partial charge on any atom is 0.417 e. The van der Waals surface area contributed by atoms with Crippen molar-refractivity contribution in [1.29, 1.82) is 5.26 Å². The number of carbonyl (C=O) groups excluding carboxylic acids is 5. The summed E-state index contributed by atoms with van der Waals surface area (Å²) in [6, 6.07) is 12.6. The van der Waals surface area contributed by atoms with Crippen LogP contribution in [-0.2, 0) is 27.1 Å². The van der Waals surface area contributed by atoms with Gasteiger partial charge in [0.25, 0.3) is 17.7 Å². The summed E-state index contributed by atoms with van der Waals surface area (Å²) >= 11 is 5.64. The number of imide groups is 2. The standard InChI is InChI=1S/C42H41F3N8O6S/c1-41(2)39(58)52(27-5-4-25(19-46)32(17-27)42(43,44)45)40(60)51(41)22-24-3-9-34(48-21-24)50-13-11-23(12-14-50)20-47-26-15-29(16-26)59-28-6-7-30-31(18-28)38(57)53(37(30)56)33-8-10-35(54)49-36(33)55/h3-7,9,17-18,21,23,26,29,33,47H,8,10-16,20,22H2,1-2H3,(H,49,54,55). The summed E-state index contributed by atoms with van der Waals surface area (Å²) in [6.07, 6.45) is 0.578. The molecule has 1 atom stereocenters. The Bertz CT molecular complexity index is 2340. The summed E-state index contributed by atoms with van der Waals surface area (Å²) in [5.41, 5.74) is -1.71. The molecule has 4 aliphatic heterocycles. The first-order valence-corrected chi connectivity index (χ1v) is 20.2. The van der Waals surface area contributed by atoms with E-state index in [2.05, 4.69) is 15.5 Å². The Kier molecular flexibility index (Phi) is 10.6. The van der Waals surface area contributed by atoms with Gasteiger partial charge in [-0.15, -0.1) is 0 Å². The third-order valence-corrected chi connectivity index (χ3v) is 12.5. The number of piperidine rings is 2. The minimum Gasteiger partial charge on any atom is -0.490 e. The molecule has 5 amide bonds. The molecule has 5 heterocycles. The summed E-state index contributed by atoms with van der Waals surface area (Å²) in [5.74, 6) is -0.893. The zero-order valence-corrected chi connectivity index (χ0v) is 33.6. The van der Waals surface area contributed by atoms with E-state index in [0.29, 0.717) is 17.7 Å². The molecule has 0 bridgehead atoms. The van der Waals surface area contributed by atoms with E-state index < -0.39 is 58.4 Å². The molecule has 3 saturated heterocycles. The van der Waals surface area contributed by atoms with Gasteiger partial charge in [-0.25, -0.2) is 4.98 Å². The third-order valence-electron chi connectivity index (χ3n) is 12.1. The van der Waals surface area contributed by atoms with Crippen molar-refractivity contribution in [2.24, 2.45) is 5.92 Å². The quantitative estimate of drug-likeness (QED) is 0.214. The number of ether oxygens (including phenoxy) is 1. The molecule has 3 aromatic rings. The third kappa shape index (κ3) is 7.56. The molecular formula is C42H41F3N8O6S. The van der Waals surface area contributed by atoms with Crippen molar-refractivity contribution < 1.29 is 41.9 Å². The number of rotatable bonds is 10. The van der Waals surface area contributed by atoms with Crippen molar-refractivity contribution in [3.8, 4) is 11.8 Å². The van der Waals surface area contributed by atoms with Gasteiger partial charge in [0.05, 0.1) is 34.0 Å². The van der Waals surface area contributed by atoms with Crippen LogP contribution in [0, 0.1) is 17.2 Å². The van der Waals surface area contributed by atoms with Gasteiger partial charge in [-0.05, 0) is 119 Å². The number of halogens is 3. The number of nitriles is 1. The van der Waals surface area contributed by atoms with Gasteiger partial charge in [-0.2, -0.15) is 18.4 Å². The number of nitrogens with zero attached hydrogens (tertiary/aromatic N) is 6. The molecule has 1 unspecified atom stereocenters. The van der Waals surface area contributed by atoms with Gasteiger partial charge in [0.1, 0.15) is 29.3 Å². The lowest BCUT2D eigenvalue weighted by Gasteiger charge is -2.38. The van der Waals surface area contributed by atoms with Gasteiger partial charge in [-0.1, -0.05) is 6.07 Å². The van der Waals surface area contributed by atoms with Crippen molar-refractivity contribution >= 4 is 58.4 Å². The van der Waals surface area contributed by atoms with E-state index in [4.69, 9.17) is 21.9 Å². The van der Waals surface area contributed by atoms with Crippen LogP contribution < -0.4 is 25.2 Å². The van der Waals surface area contributed by atoms with E-state index in [1.807, 2.05) is 12.1 Å². The summed E-state index contributed by atoms with van der Waals surface area (Å²) in [5, 5.41) is 15.1. The van der Waals surface area contributed by atoms with Gasteiger partial charge >= 0.3 is 6.18 Å². The van der Waals surface area contributed by atoms with Crippen molar-refractivity contribution in [1.82, 2.24) is 25.4 Å². The van der Waals surface area contributed by atoms with Crippen LogP contribution in [0.1, 0.15) is 89.8 Å². The molecule has 312 valence electrons. The van der Waals surface area contributed by atoms with E-state index >= 15 is 0 Å². The second-order valence-corrected chi connectivity index (χ2v) is 16.7. The fourth-order valence-electron chi connectivity index (χ4n) is 8.46. The molecule has 5 aliphatic rings. The zero-order chi connectivity index (χ0) is 42.7. The Morgan fingerprint density at radius 1 is 0.983 bits per heavy atom. The van der Waals surface area contributed by atoms with E-state index in [1.165, 1.54) is 6.07 Å². The molecule has 1 aliphatic carbocycles. The maximum absolute atomic E-state index is 13.7. The Hall–Kier alpha value is -5.93. The highest BCUT2D eigenvalue weighted by atomic mass is 32.1. The van der Waals surface area contributed by atoms with Crippen LogP contribution in [-0.4, -0.2) is 92.8 Å². The fraction of sp³-hybridized carbons (Fsp3) is 0.429. The highest BCUT2D eigenvalue weighted by Crippen LogP contribution is 2.39. The number of benzene rings is 2. The number of amides is 5. The Morgan fingerprint density at radius 3 is 2.38 bits per heavy atom. The van der Waals surface area contributed by atoms with Crippen LogP contribution in [0.3, 0.4) is 0 Å². The van der Waals surface area contributed by atoms with Gasteiger partial charge in [0, 0.05) is 38.3 Å². The minimum absolute atomic E-state index is 0.0459. The largest absolute Gasteiger partial charge is 0.490 e. The van der Waals surface area contributed by atoms with Crippen LogP contribution in [0.15, 0.2) is 54.7 Å². The average Bonchev–Trinajstić information content (AvgIpc) is 3.54. The predicted octanol–water partition coefficient (Wildman–Crippen LogP) is 4.70. The first-order valence-electron chi connectivity index (χ1n) is 19.8. The number of alkyl halides is 3. The van der Waals surface area contributed by atoms with Gasteiger partial charge in [0.2, 0.25) is 11.8 Å². The van der Waals surface area contributed by atoms with Crippen LogP contribution in [0.2, 0.25) is 0 Å². The highest BCUT2D eigenvalue weighted by Gasteiger charge is 2.50. The molecule has 1 saturated carbocycles. The van der Waals surface area contributed by atoms with Crippen molar-refractivity contribution in [3.05, 3.63) is 82.5 Å². The number of anilines is 2. The molecule has 60 heavy (non-hydrogen) atoms. The topological polar surface area (TPSA) is 168 Å². The lowest BCUT2D eigenvalue weighted by Crippen LogP contribution is -2.54. The summed E-state index contributed by atoms with van der Waals surface area (Å²) in [4.78, 5) is 74.2. The number of hydrogen-bond donors (Lipinski definition) is 2. The molecular weight excluding hydrogens is 802 g/mol. The van der Waals surface area contributed by atoms with Gasteiger partial charge in [-0.3, -0.25) is 39.1 Å². The van der Waals surface area contributed by atoms with E-state index in [1.54, 1.807) is 49.2 Å². The minimum atomic E-state index is -4.78. The lowest BCUT2D eigenvalue weighted by molar-refractivity contribution is -0.138. The highest BCUT2D eigenvalue weighted by molar-refractivity contribution is 7.80. The summed E-state index contributed by atoms with van der Waals surface area (Å²) in [7, 11) is 0.